The van der Waals surface area contributed by atoms with Crippen molar-refractivity contribution in [1.82, 2.24) is 15.1 Å². The molecule has 2 amide bonds. The van der Waals surface area contributed by atoms with Crippen LogP contribution in [0, 0.1) is 0 Å². The molecule has 0 atom stereocenters. The minimum absolute atomic E-state index is 0.0728. The van der Waals surface area contributed by atoms with Crippen molar-refractivity contribution in [2.45, 2.75) is 6.92 Å². The SMILES string of the molecule is CC(=O)N1CCN(c2ccc(C(=O)Nc3ccc(Cl)cc3Cl)nn2)CC1. The summed E-state index contributed by atoms with van der Waals surface area (Å²) in [6.07, 6.45) is 0. The number of hydrogen-bond acceptors (Lipinski definition) is 5. The predicted octanol–water partition coefficient (Wildman–Crippen LogP) is 2.70. The highest BCUT2D eigenvalue weighted by Crippen LogP contribution is 2.25. The minimum Gasteiger partial charge on any atom is -0.352 e. The lowest BCUT2D eigenvalue weighted by Crippen LogP contribution is -2.48. The van der Waals surface area contributed by atoms with Crippen LogP contribution in [0.25, 0.3) is 0 Å². The van der Waals surface area contributed by atoms with Gasteiger partial charge in [-0.3, -0.25) is 9.59 Å². The lowest BCUT2D eigenvalue weighted by atomic mass is 10.2. The maximum atomic E-state index is 12.3. The quantitative estimate of drug-likeness (QED) is 0.866. The maximum absolute atomic E-state index is 12.3. The number of piperazine rings is 1. The van der Waals surface area contributed by atoms with Crippen molar-refractivity contribution < 1.29 is 9.59 Å². The Hall–Kier alpha value is -2.38. The van der Waals surface area contributed by atoms with Gasteiger partial charge < -0.3 is 15.1 Å². The molecule has 2 heterocycles. The summed E-state index contributed by atoms with van der Waals surface area (Å²) in [5.41, 5.74) is 0.634. The highest BCUT2D eigenvalue weighted by Gasteiger charge is 2.20. The smallest absolute Gasteiger partial charge is 0.276 e. The molecule has 1 saturated heterocycles. The maximum Gasteiger partial charge on any atom is 0.276 e. The molecule has 1 aliphatic heterocycles. The third-order valence-corrected chi connectivity index (χ3v) is 4.66. The summed E-state index contributed by atoms with van der Waals surface area (Å²) in [6, 6.07) is 8.17. The number of halogens is 2. The van der Waals surface area contributed by atoms with Gasteiger partial charge in [0.1, 0.15) is 0 Å². The molecule has 9 heteroatoms. The number of rotatable bonds is 3. The fourth-order valence-electron chi connectivity index (χ4n) is 2.64. The zero-order valence-electron chi connectivity index (χ0n) is 14.1. The van der Waals surface area contributed by atoms with Crippen LogP contribution in [0.2, 0.25) is 10.0 Å². The van der Waals surface area contributed by atoms with Gasteiger partial charge in [-0.05, 0) is 30.3 Å². The molecule has 1 aromatic carbocycles. The molecule has 0 aliphatic carbocycles. The van der Waals surface area contributed by atoms with Crippen LogP contribution in [0.4, 0.5) is 11.5 Å². The van der Waals surface area contributed by atoms with Crippen LogP contribution in [0.3, 0.4) is 0 Å². The first kappa shape index (κ1) is 18.4. The number of carbonyl (C=O) groups excluding carboxylic acids is 2. The molecule has 0 unspecified atom stereocenters. The number of aromatic nitrogens is 2. The van der Waals surface area contributed by atoms with Gasteiger partial charge in [-0.1, -0.05) is 23.2 Å². The second kappa shape index (κ2) is 7.88. The average molecular weight is 394 g/mol. The van der Waals surface area contributed by atoms with Crippen LogP contribution in [0.5, 0.6) is 0 Å². The Kier molecular flexibility index (Phi) is 5.58. The number of nitrogens with one attached hydrogen (secondary N) is 1. The largest absolute Gasteiger partial charge is 0.352 e. The van der Waals surface area contributed by atoms with E-state index >= 15 is 0 Å². The Balaban J connectivity index is 1.64. The van der Waals surface area contributed by atoms with Crippen LogP contribution in [-0.4, -0.2) is 53.1 Å². The van der Waals surface area contributed by atoms with E-state index in [1.807, 2.05) is 4.90 Å². The number of carbonyl (C=O) groups is 2. The van der Waals surface area contributed by atoms with Gasteiger partial charge in [0.05, 0.1) is 10.7 Å². The molecular formula is C17H17Cl2N5O2. The molecule has 26 heavy (non-hydrogen) atoms. The summed E-state index contributed by atoms with van der Waals surface area (Å²) in [5, 5.41) is 11.6. The highest BCUT2D eigenvalue weighted by atomic mass is 35.5. The van der Waals surface area contributed by atoms with Crippen molar-refractivity contribution in [3.05, 3.63) is 46.1 Å². The monoisotopic (exact) mass is 393 g/mol. The van der Waals surface area contributed by atoms with Gasteiger partial charge >= 0.3 is 0 Å². The standard InChI is InChI=1S/C17H17Cl2N5O2/c1-11(25)23-6-8-24(9-7-23)16-5-4-15(21-22-16)17(26)20-14-3-2-12(18)10-13(14)19/h2-5,10H,6-9H2,1H3,(H,20,26). The molecule has 1 fully saturated rings. The molecular weight excluding hydrogens is 377 g/mol. The van der Waals surface area contributed by atoms with Gasteiger partial charge in [-0.15, -0.1) is 10.2 Å². The van der Waals surface area contributed by atoms with Crippen LogP contribution in [0.1, 0.15) is 17.4 Å². The van der Waals surface area contributed by atoms with Crippen molar-refractivity contribution >= 4 is 46.5 Å². The number of nitrogens with zero attached hydrogens (tertiary/aromatic N) is 4. The van der Waals surface area contributed by atoms with E-state index in [2.05, 4.69) is 15.5 Å². The minimum atomic E-state index is -0.408. The fraction of sp³-hybridized carbons (Fsp3) is 0.294. The zero-order valence-corrected chi connectivity index (χ0v) is 15.6. The molecule has 0 radical (unpaired) electrons. The second-order valence-electron chi connectivity index (χ2n) is 5.85. The summed E-state index contributed by atoms with van der Waals surface area (Å²) >= 11 is 11.9. The van der Waals surface area contributed by atoms with E-state index in [-0.39, 0.29) is 11.6 Å². The topological polar surface area (TPSA) is 78.4 Å². The van der Waals surface area contributed by atoms with Gasteiger partial charge in [-0.2, -0.15) is 0 Å². The van der Waals surface area contributed by atoms with Crippen molar-refractivity contribution in [2.75, 3.05) is 36.4 Å². The van der Waals surface area contributed by atoms with Crippen molar-refractivity contribution in [3.8, 4) is 0 Å². The molecule has 1 aliphatic rings. The van der Waals surface area contributed by atoms with Crippen molar-refractivity contribution in [2.24, 2.45) is 0 Å². The Labute approximate surface area is 160 Å². The molecule has 1 N–H and O–H groups in total. The third kappa shape index (κ3) is 4.23. The fourth-order valence-corrected chi connectivity index (χ4v) is 3.10. The van der Waals surface area contributed by atoms with Crippen LogP contribution in [0.15, 0.2) is 30.3 Å². The predicted molar refractivity (Wildman–Crippen MR) is 101 cm³/mol. The molecule has 1 aromatic heterocycles. The molecule has 0 bridgehead atoms. The normalized spacial score (nSPS) is 14.3. The first-order valence-corrected chi connectivity index (χ1v) is 8.80. The molecule has 136 valence electrons. The van der Waals surface area contributed by atoms with Gasteiger partial charge in [-0.25, -0.2) is 0 Å². The lowest BCUT2D eigenvalue weighted by molar-refractivity contribution is -0.129. The number of benzene rings is 1. The van der Waals surface area contributed by atoms with E-state index in [4.69, 9.17) is 23.2 Å². The number of amides is 2. The zero-order chi connectivity index (χ0) is 18.7. The first-order chi connectivity index (χ1) is 12.4. The van der Waals surface area contributed by atoms with Crippen LogP contribution >= 0.6 is 23.2 Å². The summed E-state index contributed by atoms with van der Waals surface area (Å²) in [5.74, 6) is 0.340. The molecule has 0 spiro atoms. The Morgan fingerprint density at radius 2 is 1.77 bits per heavy atom. The van der Waals surface area contributed by atoms with Gasteiger partial charge in [0.15, 0.2) is 11.5 Å². The molecule has 3 rings (SSSR count). The summed E-state index contributed by atoms with van der Waals surface area (Å²) in [6.45, 7) is 4.22. The Morgan fingerprint density at radius 3 is 2.35 bits per heavy atom. The van der Waals surface area contributed by atoms with Crippen LogP contribution < -0.4 is 10.2 Å². The molecule has 0 saturated carbocycles. The summed E-state index contributed by atoms with van der Waals surface area (Å²) in [4.78, 5) is 27.5. The molecule has 2 aromatic rings. The van der Waals surface area contributed by atoms with E-state index < -0.39 is 5.91 Å². The Morgan fingerprint density at radius 1 is 1.04 bits per heavy atom. The summed E-state index contributed by atoms with van der Waals surface area (Å²) < 4.78 is 0. The van der Waals surface area contributed by atoms with Crippen LogP contribution in [-0.2, 0) is 4.79 Å². The van der Waals surface area contributed by atoms with Crippen molar-refractivity contribution in [3.63, 3.8) is 0 Å². The van der Waals surface area contributed by atoms with E-state index in [9.17, 15) is 9.59 Å². The Bertz CT molecular complexity index is 820. The number of hydrogen-bond donors (Lipinski definition) is 1. The lowest BCUT2D eigenvalue weighted by Gasteiger charge is -2.34. The van der Waals surface area contributed by atoms with Gasteiger partial charge in [0.2, 0.25) is 5.91 Å². The first-order valence-electron chi connectivity index (χ1n) is 8.04. The molecule has 7 nitrogen and oxygen atoms in total. The average Bonchev–Trinajstić information content (AvgIpc) is 2.64. The van der Waals surface area contributed by atoms with Crippen molar-refractivity contribution in [1.29, 1.82) is 0 Å². The van der Waals surface area contributed by atoms with Gasteiger partial charge in [0.25, 0.3) is 5.91 Å². The van der Waals surface area contributed by atoms with E-state index in [0.717, 1.165) is 0 Å². The summed E-state index contributed by atoms with van der Waals surface area (Å²) in [7, 11) is 0. The highest BCUT2D eigenvalue weighted by molar-refractivity contribution is 6.36. The van der Waals surface area contributed by atoms with Gasteiger partial charge in [0, 0.05) is 38.1 Å². The van der Waals surface area contributed by atoms with E-state index in [1.54, 1.807) is 42.2 Å². The van der Waals surface area contributed by atoms with E-state index in [0.29, 0.717) is 47.7 Å². The second-order valence-corrected chi connectivity index (χ2v) is 6.69. The van der Waals surface area contributed by atoms with E-state index in [1.165, 1.54) is 0 Å². The number of anilines is 2. The third-order valence-electron chi connectivity index (χ3n) is 4.11.